The summed E-state index contributed by atoms with van der Waals surface area (Å²) in [5, 5.41) is 3.18. The molecule has 0 aliphatic carbocycles. The van der Waals surface area contributed by atoms with Gasteiger partial charge in [-0.25, -0.2) is 4.39 Å². The number of rotatable bonds is 7. The molecule has 108 valence electrons. The molecule has 0 amide bonds. The lowest BCUT2D eigenvalue weighted by Crippen LogP contribution is -2.30. The van der Waals surface area contributed by atoms with Crippen LogP contribution in [-0.2, 0) is 0 Å². The first kappa shape index (κ1) is 15.9. The fourth-order valence-corrected chi connectivity index (χ4v) is 2.06. The van der Waals surface area contributed by atoms with E-state index in [1.165, 1.54) is 6.07 Å². The molecule has 0 spiro atoms. The Bertz CT molecular complexity index is 396. The van der Waals surface area contributed by atoms with Crippen molar-refractivity contribution in [1.82, 2.24) is 10.2 Å². The maximum absolute atomic E-state index is 14.0. The van der Waals surface area contributed by atoms with Gasteiger partial charge in [0.05, 0.1) is 7.11 Å². The van der Waals surface area contributed by atoms with Crippen molar-refractivity contribution in [2.75, 3.05) is 27.7 Å². The van der Waals surface area contributed by atoms with Crippen LogP contribution >= 0.6 is 0 Å². The molecule has 0 aliphatic rings. The molecular weight excluding hydrogens is 243 g/mol. The predicted octanol–water partition coefficient (Wildman–Crippen LogP) is 2.83. The predicted molar refractivity (Wildman–Crippen MR) is 77.1 cm³/mol. The SMILES string of the molecule is CNC(CCN(C)C(C)C)c1c(F)cccc1OC. The molecule has 1 atom stereocenters. The molecule has 0 aliphatic heterocycles. The summed E-state index contributed by atoms with van der Waals surface area (Å²) in [5.74, 6) is 0.387. The average Bonchev–Trinajstić information content (AvgIpc) is 2.40. The van der Waals surface area contributed by atoms with Gasteiger partial charge in [-0.05, 0) is 53.0 Å². The second-order valence-electron chi connectivity index (χ2n) is 5.06. The summed E-state index contributed by atoms with van der Waals surface area (Å²) in [4.78, 5) is 2.25. The second kappa shape index (κ2) is 7.46. The molecule has 0 saturated heterocycles. The van der Waals surface area contributed by atoms with Crippen molar-refractivity contribution in [3.63, 3.8) is 0 Å². The standard InChI is InChI=1S/C15H25FN2O/c1-11(2)18(4)10-9-13(17-3)15-12(16)7-6-8-14(15)19-5/h6-8,11,13,17H,9-10H2,1-5H3. The molecule has 0 saturated carbocycles. The minimum absolute atomic E-state index is 0.0441. The third-order valence-corrected chi connectivity index (χ3v) is 3.58. The Morgan fingerprint density at radius 3 is 2.58 bits per heavy atom. The first-order valence-corrected chi connectivity index (χ1v) is 6.71. The zero-order valence-corrected chi connectivity index (χ0v) is 12.5. The molecule has 4 heteroatoms. The van der Waals surface area contributed by atoms with Crippen molar-refractivity contribution < 1.29 is 9.13 Å². The van der Waals surface area contributed by atoms with Gasteiger partial charge in [0, 0.05) is 17.6 Å². The van der Waals surface area contributed by atoms with Crippen molar-refractivity contribution in [3.05, 3.63) is 29.6 Å². The van der Waals surface area contributed by atoms with Gasteiger partial charge in [0.25, 0.3) is 0 Å². The molecule has 0 aromatic heterocycles. The van der Waals surface area contributed by atoms with E-state index in [9.17, 15) is 4.39 Å². The van der Waals surface area contributed by atoms with Crippen molar-refractivity contribution in [2.24, 2.45) is 0 Å². The molecule has 0 bridgehead atoms. The molecule has 3 nitrogen and oxygen atoms in total. The van der Waals surface area contributed by atoms with Gasteiger partial charge in [0.1, 0.15) is 11.6 Å². The van der Waals surface area contributed by atoms with Gasteiger partial charge in [-0.2, -0.15) is 0 Å². The van der Waals surface area contributed by atoms with Crippen LogP contribution < -0.4 is 10.1 Å². The molecule has 1 rings (SSSR count). The lowest BCUT2D eigenvalue weighted by molar-refractivity contribution is 0.256. The van der Waals surface area contributed by atoms with E-state index < -0.39 is 0 Å². The normalized spacial score (nSPS) is 13.1. The Balaban J connectivity index is 2.85. The Morgan fingerprint density at radius 2 is 2.05 bits per heavy atom. The molecule has 1 aromatic rings. The third kappa shape index (κ3) is 4.18. The van der Waals surface area contributed by atoms with Crippen LogP contribution in [0.2, 0.25) is 0 Å². The summed E-state index contributed by atoms with van der Waals surface area (Å²) >= 11 is 0. The summed E-state index contributed by atoms with van der Waals surface area (Å²) in [6.45, 7) is 5.21. The largest absolute Gasteiger partial charge is 0.496 e. The van der Waals surface area contributed by atoms with Gasteiger partial charge in [0.2, 0.25) is 0 Å². The summed E-state index contributed by atoms with van der Waals surface area (Å²) in [6, 6.07) is 5.39. The van der Waals surface area contributed by atoms with Crippen LogP contribution in [0, 0.1) is 5.82 Å². The Labute approximate surface area is 115 Å². The van der Waals surface area contributed by atoms with Gasteiger partial charge in [-0.3, -0.25) is 0 Å². The van der Waals surface area contributed by atoms with E-state index in [0.29, 0.717) is 17.4 Å². The van der Waals surface area contributed by atoms with E-state index in [0.717, 1.165) is 13.0 Å². The van der Waals surface area contributed by atoms with E-state index in [1.54, 1.807) is 19.2 Å². The van der Waals surface area contributed by atoms with Gasteiger partial charge in [-0.15, -0.1) is 0 Å². The first-order valence-electron chi connectivity index (χ1n) is 6.71. The molecule has 0 heterocycles. The van der Waals surface area contributed by atoms with Crippen molar-refractivity contribution in [1.29, 1.82) is 0 Å². The minimum atomic E-state index is -0.217. The number of hydrogen-bond donors (Lipinski definition) is 1. The van der Waals surface area contributed by atoms with Crippen LogP contribution in [0.1, 0.15) is 31.9 Å². The highest BCUT2D eigenvalue weighted by Crippen LogP contribution is 2.29. The Hall–Kier alpha value is -1.13. The number of hydrogen-bond acceptors (Lipinski definition) is 3. The zero-order valence-electron chi connectivity index (χ0n) is 12.5. The molecule has 0 radical (unpaired) electrons. The smallest absolute Gasteiger partial charge is 0.131 e. The van der Waals surface area contributed by atoms with Gasteiger partial charge in [0.15, 0.2) is 0 Å². The van der Waals surface area contributed by atoms with Crippen LogP contribution in [0.25, 0.3) is 0 Å². The highest BCUT2D eigenvalue weighted by molar-refractivity contribution is 5.37. The Morgan fingerprint density at radius 1 is 1.37 bits per heavy atom. The topological polar surface area (TPSA) is 24.5 Å². The average molecular weight is 268 g/mol. The van der Waals surface area contributed by atoms with Crippen LogP contribution in [0.3, 0.4) is 0 Å². The lowest BCUT2D eigenvalue weighted by Gasteiger charge is -2.25. The third-order valence-electron chi connectivity index (χ3n) is 3.58. The van der Waals surface area contributed by atoms with E-state index in [2.05, 4.69) is 31.1 Å². The molecule has 19 heavy (non-hydrogen) atoms. The van der Waals surface area contributed by atoms with Crippen LogP contribution in [0.5, 0.6) is 5.75 Å². The highest BCUT2D eigenvalue weighted by atomic mass is 19.1. The van der Waals surface area contributed by atoms with Crippen molar-refractivity contribution in [3.8, 4) is 5.75 Å². The maximum atomic E-state index is 14.0. The quantitative estimate of drug-likeness (QED) is 0.823. The minimum Gasteiger partial charge on any atom is -0.496 e. The number of nitrogens with one attached hydrogen (secondary N) is 1. The van der Waals surface area contributed by atoms with Crippen molar-refractivity contribution >= 4 is 0 Å². The maximum Gasteiger partial charge on any atom is 0.131 e. The second-order valence-corrected chi connectivity index (χ2v) is 5.06. The molecule has 1 N–H and O–H groups in total. The fraction of sp³-hybridized carbons (Fsp3) is 0.600. The Kier molecular flexibility index (Phi) is 6.25. The van der Waals surface area contributed by atoms with Gasteiger partial charge in [-0.1, -0.05) is 6.07 Å². The van der Waals surface area contributed by atoms with Crippen LogP contribution in [0.15, 0.2) is 18.2 Å². The van der Waals surface area contributed by atoms with E-state index >= 15 is 0 Å². The zero-order chi connectivity index (χ0) is 14.4. The summed E-state index contributed by atoms with van der Waals surface area (Å²) in [5.41, 5.74) is 0.615. The summed E-state index contributed by atoms with van der Waals surface area (Å²) in [6.07, 6.45) is 0.836. The molecule has 1 aromatic carbocycles. The number of nitrogens with zero attached hydrogens (tertiary/aromatic N) is 1. The number of ether oxygens (including phenoxy) is 1. The summed E-state index contributed by atoms with van der Waals surface area (Å²) in [7, 11) is 5.51. The monoisotopic (exact) mass is 268 g/mol. The van der Waals surface area contributed by atoms with E-state index in [1.807, 2.05) is 7.05 Å². The van der Waals surface area contributed by atoms with Crippen LogP contribution in [0.4, 0.5) is 4.39 Å². The molecular formula is C15H25FN2O. The van der Waals surface area contributed by atoms with Crippen molar-refractivity contribution in [2.45, 2.75) is 32.4 Å². The molecule has 1 unspecified atom stereocenters. The fourth-order valence-electron chi connectivity index (χ4n) is 2.06. The number of benzene rings is 1. The number of halogens is 1. The van der Waals surface area contributed by atoms with Crippen LogP contribution in [-0.4, -0.2) is 38.7 Å². The van der Waals surface area contributed by atoms with E-state index in [4.69, 9.17) is 4.74 Å². The number of methoxy groups -OCH3 is 1. The first-order chi connectivity index (χ1) is 9.01. The highest BCUT2D eigenvalue weighted by Gasteiger charge is 2.19. The van der Waals surface area contributed by atoms with E-state index in [-0.39, 0.29) is 11.9 Å². The molecule has 0 fully saturated rings. The lowest BCUT2D eigenvalue weighted by atomic mass is 10.0. The summed E-state index contributed by atoms with van der Waals surface area (Å²) < 4.78 is 19.3. The van der Waals surface area contributed by atoms with Gasteiger partial charge < -0.3 is 15.0 Å². The van der Waals surface area contributed by atoms with Gasteiger partial charge >= 0.3 is 0 Å².